The molecule has 0 saturated carbocycles. The van der Waals surface area contributed by atoms with E-state index in [4.69, 9.17) is 27.6 Å². The van der Waals surface area contributed by atoms with Gasteiger partial charge in [0.25, 0.3) is 0 Å². The summed E-state index contributed by atoms with van der Waals surface area (Å²) in [6.45, 7) is 4.00. The van der Waals surface area contributed by atoms with E-state index < -0.39 is 0 Å². The third-order valence-electron chi connectivity index (χ3n) is 2.65. The molecule has 0 amide bonds. The molecule has 2 rings (SSSR count). The fraction of sp³-hybridized carbons (Fsp3) is 0.333. The van der Waals surface area contributed by atoms with Gasteiger partial charge in [-0.15, -0.1) is 11.6 Å². The molecule has 0 fully saturated rings. The van der Waals surface area contributed by atoms with Crippen molar-refractivity contribution in [1.82, 2.24) is 0 Å². The Labute approximate surface area is 99.0 Å². The molecule has 80 valence electrons. The fourth-order valence-electron chi connectivity index (χ4n) is 1.50. The quantitative estimate of drug-likeness (QED) is 0.689. The average Bonchev–Trinajstić information content (AvgIpc) is 2.61. The Kier molecular flexibility index (Phi) is 2.94. The minimum absolute atomic E-state index is 0.0457. The van der Waals surface area contributed by atoms with Gasteiger partial charge in [0.05, 0.1) is 5.02 Å². The molecule has 0 bridgehead atoms. The van der Waals surface area contributed by atoms with Gasteiger partial charge in [0.2, 0.25) is 0 Å². The molecule has 0 saturated heterocycles. The second-order valence-corrected chi connectivity index (χ2v) is 4.87. The Hall–Kier alpha value is -0.660. The number of furan rings is 1. The molecule has 2 atom stereocenters. The van der Waals surface area contributed by atoms with E-state index in [1.807, 2.05) is 38.1 Å². The third-order valence-corrected chi connectivity index (χ3v) is 3.33. The SMILES string of the molecule is CC(Cl)C(C)c1cc2cccc(Cl)c2o1. The predicted molar refractivity (Wildman–Crippen MR) is 65.0 cm³/mol. The summed E-state index contributed by atoms with van der Waals surface area (Å²) in [6.07, 6.45) is 0. The molecule has 1 heterocycles. The highest BCUT2D eigenvalue weighted by atomic mass is 35.5. The molecule has 2 unspecified atom stereocenters. The third kappa shape index (κ3) is 1.99. The van der Waals surface area contributed by atoms with Crippen LogP contribution in [0.4, 0.5) is 0 Å². The van der Waals surface area contributed by atoms with Crippen LogP contribution in [0, 0.1) is 0 Å². The number of halogens is 2. The van der Waals surface area contributed by atoms with Crippen molar-refractivity contribution in [3.8, 4) is 0 Å². The van der Waals surface area contributed by atoms with Gasteiger partial charge >= 0.3 is 0 Å². The highest BCUT2D eigenvalue weighted by Crippen LogP contribution is 2.32. The molecule has 15 heavy (non-hydrogen) atoms. The topological polar surface area (TPSA) is 13.1 Å². The van der Waals surface area contributed by atoms with E-state index in [9.17, 15) is 0 Å². The Morgan fingerprint density at radius 3 is 2.60 bits per heavy atom. The van der Waals surface area contributed by atoms with Crippen LogP contribution in [0.15, 0.2) is 28.7 Å². The summed E-state index contributed by atoms with van der Waals surface area (Å²) >= 11 is 12.1. The molecule has 3 heteroatoms. The molecule has 0 aliphatic rings. The molecule has 1 aromatic carbocycles. The van der Waals surface area contributed by atoms with Crippen LogP contribution in [0.5, 0.6) is 0 Å². The van der Waals surface area contributed by atoms with E-state index in [1.54, 1.807) is 0 Å². The van der Waals surface area contributed by atoms with Gasteiger partial charge in [0, 0.05) is 16.7 Å². The van der Waals surface area contributed by atoms with E-state index in [0.29, 0.717) is 5.02 Å². The molecular formula is C12H12Cl2O. The molecule has 1 aromatic heterocycles. The van der Waals surface area contributed by atoms with Crippen molar-refractivity contribution >= 4 is 34.2 Å². The second-order valence-electron chi connectivity index (χ2n) is 3.77. The lowest BCUT2D eigenvalue weighted by Gasteiger charge is -2.09. The van der Waals surface area contributed by atoms with Crippen LogP contribution in [0.1, 0.15) is 25.5 Å². The van der Waals surface area contributed by atoms with E-state index in [0.717, 1.165) is 16.7 Å². The Morgan fingerprint density at radius 1 is 1.27 bits per heavy atom. The maximum absolute atomic E-state index is 6.04. The number of hydrogen-bond acceptors (Lipinski definition) is 1. The van der Waals surface area contributed by atoms with Crippen LogP contribution in [0.25, 0.3) is 11.0 Å². The van der Waals surface area contributed by atoms with Gasteiger partial charge in [-0.1, -0.05) is 30.7 Å². The average molecular weight is 243 g/mol. The van der Waals surface area contributed by atoms with Gasteiger partial charge in [-0.3, -0.25) is 0 Å². The lowest BCUT2D eigenvalue weighted by Crippen LogP contribution is -2.03. The minimum Gasteiger partial charge on any atom is -0.459 e. The van der Waals surface area contributed by atoms with Gasteiger partial charge in [-0.05, 0) is 19.1 Å². The van der Waals surface area contributed by atoms with Gasteiger partial charge < -0.3 is 4.42 Å². The monoisotopic (exact) mass is 242 g/mol. The summed E-state index contributed by atoms with van der Waals surface area (Å²) in [5, 5.41) is 1.72. The molecule has 0 radical (unpaired) electrons. The maximum atomic E-state index is 6.04. The summed E-state index contributed by atoms with van der Waals surface area (Å²) in [7, 11) is 0. The van der Waals surface area contributed by atoms with Crippen molar-refractivity contribution in [3.63, 3.8) is 0 Å². The van der Waals surface area contributed by atoms with Crippen molar-refractivity contribution in [2.24, 2.45) is 0 Å². The van der Waals surface area contributed by atoms with Crippen molar-refractivity contribution in [3.05, 3.63) is 35.0 Å². The minimum atomic E-state index is 0.0457. The predicted octanol–water partition coefficient (Wildman–Crippen LogP) is 4.82. The first-order chi connectivity index (χ1) is 7.09. The zero-order valence-corrected chi connectivity index (χ0v) is 10.1. The van der Waals surface area contributed by atoms with E-state index in [1.165, 1.54) is 0 Å². The highest BCUT2D eigenvalue weighted by molar-refractivity contribution is 6.34. The van der Waals surface area contributed by atoms with Crippen LogP contribution < -0.4 is 0 Å². The zero-order chi connectivity index (χ0) is 11.0. The second kappa shape index (κ2) is 4.07. The number of hydrogen-bond donors (Lipinski definition) is 0. The molecular weight excluding hydrogens is 231 g/mol. The van der Waals surface area contributed by atoms with Crippen molar-refractivity contribution in [2.75, 3.05) is 0 Å². The maximum Gasteiger partial charge on any atom is 0.152 e. The number of benzene rings is 1. The summed E-state index contributed by atoms with van der Waals surface area (Å²) in [5.74, 6) is 1.08. The van der Waals surface area contributed by atoms with E-state index in [2.05, 4.69) is 0 Å². The smallest absolute Gasteiger partial charge is 0.152 e. The molecule has 0 aliphatic carbocycles. The first kappa shape index (κ1) is 10.8. The van der Waals surface area contributed by atoms with Gasteiger partial charge in [-0.25, -0.2) is 0 Å². The standard InChI is InChI=1S/C12H12Cl2O/c1-7(8(2)13)11-6-9-4-3-5-10(14)12(9)15-11/h3-8H,1-2H3. The van der Waals surface area contributed by atoms with Crippen molar-refractivity contribution in [2.45, 2.75) is 25.1 Å². The summed E-state index contributed by atoms with van der Waals surface area (Å²) in [4.78, 5) is 0. The summed E-state index contributed by atoms with van der Waals surface area (Å²) < 4.78 is 5.71. The number of fused-ring (bicyclic) bond motifs is 1. The van der Waals surface area contributed by atoms with E-state index >= 15 is 0 Å². The van der Waals surface area contributed by atoms with Gasteiger partial charge in [0.15, 0.2) is 5.58 Å². The van der Waals surface area contributed by atoms with Crippen LogP contribution in [0.2, 0.25) is 5.02 Å². The zero-order valence-electron chi connectivity index (χ0n) is 8.63. The Bertz CT molecular complexity index is 473. The number of para-hydroxylation sites is 1. The number of rotatable bonds is 2. The highest BCUT2D eigenvalue weighted by Gasteiger charge is 2.17. The lowest BCUT2D eigenvalue weighted by molar-refractivity contribution is 0.502. The lowest BCUT2D eigenvalue weighted by atomic mass is 10.1. The Morgan fingerprint density at radius 2 is 2.00 bits per heavy atom. The molecule has 1 nitrogen and oxygen atoms in total. The fourth-order valence-corrected chi connectivity index (χ4v) is 1.84. The van der Waals surface area contributed by atoms with E-state index in [-0.39, 0.29) is 11.3 Å². The van der Waals surface area contributed by atoms with Crippen molar-refractivity contribution < 1.29 is 4.42 Å². The van der Waals surface area contributed by atoms with Crippen LogP contribution in [-0.4, -0.2) is 5.38 Å². The number of alkyl halides is 1. The van der Waals surface area contributed by atoms with Crippen molar-refractivity contribution in [1.29, 1.82) is 0 Å². The first-order valence-corrected chi connectivity index (χ1v) is 5.73. The van der Waals surface area contributed by atoms with Crippen LogP contribution in [0.3, 0.4) is 0 Å². The van der Waals surface area contributed by atoms with Gasteiger partial charge in [0.1, 0.15) is 5.76 Å². The Balaban J connectivity index is 2.52. The van der Waals surface area contributed by atoms with Crippen LogP contribution in [-0.2, 0) is 0 Å². The normalized spacial score (nSPS) is 15.5. The molecule has 0 spiro atoms. The largest absolute Gasteiger partial charge is 0.459 e. The summed E-state index contributed by atoms with van der Waals surface area (Å²) in [5.41, 5.74) is 0.748. The van der Waals surface area contributed by atoms with Crippen LogP contribution >= 0.6 is 23.2 Å². The van der Waals surface area contributed by atoms with Gasteiger partial charge in [-0.2, -0.15) is 0 Å². The molecule has 2 aromatic rings. The first-order valence-electron chi connectivity index (χ1n) is 4.91. The molecule has 0 N–H and O–H groups in total. The molecule has 0 aliphatic heterocycles. The summed E-state index contributed by atoms with van der Waals surface area (Å²) in [6, 6.07) is 7.73.